The molecule has 2 rings (SSSR count). The van der Waals surface area contributed by atoms with Crippen molar-refractivity contribution in [3.05, 3.63) is 28.4 Å². The molecule has 0 spiro atoms. The Hall–Kier alpha value is -1.68. The molecule has 0 aliphatic carbocycles. The van der Waals surface area contributed by atoms with E-state index in [9.17, 15) is 5.11 Å². The number of halogens is 1. The number of anilines is 1. The Kier molecular flexibility index (Phi) is 2.52. The van der Waals surface area contributed by atoms with Gasteiger partial charge >= 0.3 is 0 Å². The highest BCUT2D eigenvalue weighted by Crippen LogP contribution is 2.40. The molecule has 84 valence electrons. The second-order valence-electron chi connectivity index (χ2n) is 3.63. The Bertz CT molecular complexity index is 523. The molecule has 1 heterocycles. The molecule has 0 atom stereocenters. The van der Waals surface area contributed by atoms with Crippen LogP contribution in [0.25, 0.3) is 11.1 Å². The van der Waals surface area contributed by atoms with E-state index in [4.69, 9.17) is 21.9 Å². The summed E-state index contributed by atoms with van der Waals surface area (Å²) in [6, 6.07) is 1.71. The van der Waals surface area contributed by atoms with Crippen LogP contribution >= 0.6 is 11.6 Å². The zero-order valence-electron chi connectivity index (χ0n) is 8.91. The van der Waals surface area contributed by atoms with Crippen LogP contribution in [0.1, 0.15) is 11.1 Å². The van der Waals surface area contributed by atoms with Gasteiger partial charge in [0.15, 0.2) is 0 Å². The summed E-state index contributed by atoms with van der Waals surface area (Å²) in [5.74, 6) is 0.317. The fraction of sp³-hybridized carbons (Fsp3) is 0.182. The molecule has 0 unspecified atom stereocenters. The SMILES string of the molecule is Cc1cc(Cl)c(C)c(-c2cnoc2N)c1O. The summed E-state index contributed by atoms with van der Waals surface area (Å²) in [5, 5.41) is 14.2. The lowest BCUT2D eigenvalue weighted by Gasteiger charge is -2.11. The van der Waals surface area contributed by atoms with Crippen molar-refractivity contribution in [3.8, 4) is 16.9 Å². The number of nitrogens with two attached hydrogens (primary N) is 1. The first-order valence-electron chi connectivity index (χ1n) is 4.71. The molecule has 0 saturated carbocycles. The smallest absolute Gasteiger partial charge is 0.230 e. The van der Waals surface area contributed by atoms with Crippen LogP contribution in [0.15, 0.2) is 16.8 Å². The zero-order chi connectivity index (χ0) is 11.9. The van der Waals surface area contributed by atoms with Gasteiger partial charge in [-0.05, 0) is 31.0 Å². The number of phenols is 1. The van der Waals surface area contributed by atoms with Crippen LogP contribution in [0, 0.1) is 13.8 Å². The van der Waals surface area contributed by atoms with Gasteiger partial charge in [-0.3, -0.25) is 0 Å². The fourth-order valence-corrected chi connectivity index (χ4v) is 1.88. The van der Waals surface area contributed by atoms with E-state index >= 15 is 0 Å². The molecule has 0 aliphatic rings. The predicted octanol–water partition coefficient (Wildman–Crippen LogP) is 2.90. The van der Waals surface area contributed by atoms with Crippen molar-refractivity contribution in [2.45, 2.75) is 13.8 Å². The summed E-state index contributed by atoms with van der Waals surface area (Å²) in [6.07, 6.45) is 1.47. The maximum Gasteiger partial charge on any atom is 0.230 e. The summed E-state index contributed by atoms with van der Waals surface area (Å²) < 4.78 is 4.78. The van der Waals surface area contributed by atoms with E-state index in [0.29, 0.717) is 21.7 Å². The van der Waals surface area contributed by atoms with Crippen molar-refractivity contribution < 1.29 is 9.63 Å². The summed E-state index contributed by atoms with van der Waals surface area (Å²) >= 11 is 6.06. The summed E-state index contributed by atoms with van der Waals surface area (Å²) in [5.41, 5.74) is 8.19. The molecule has 4 nitrogen and oxygen atoms in total. The van der Waals surface area contributed by atoms with E-state index in [0.717, 1.165) is 5.56 Å². The molecule has 3 N–H and O–H groups in total. The van der Waals surface area contributed by atoms with Gasteiger partial charge in [0.05, 0.1) is 11.8 Å². The van der Waals surface area contributed by atoms with Gasteiger partial charge in [-0.25, -0.2) is 0 Å². The van der Waals surface area contributed by atoms with Crippen molar-refractivity contribution in [3.63, 3.8) is 0 Å². The molecular formula is C11H11ClN2O2. The standard InChI is InChI=1S/C11H11ClN2O2/c1-5-3-8(12)6(2)9(10(5)15)7-4-14-16-11(7)13/h3-4,15H,13H2,1-2H3. The monoisotopic (exact) mass is 238 g/mol. The van der Waals surface area contributed by atoms with Crippen LogP contribution in [-0.2, 0) is 0 Å². The molecule has 0 bridgehead atoms. The third-order valence-electron chi connectivity index (χ3n) is 2.55. The number of aryl methyl sites for hydroxylation is 1. The second-order valence-corrected chi connectivity index (χ2v) is 4.03. The van der Waals surface area contributed by atoms with Gasteiger partial charge in [-0.1, -0.05) is 16.8 Å². The number of aromatic nitrogens is 1. The average Bonchev–Trinajstić information content (AvgIpc) is 2.63. The number of nitrogen functional groups attached to an aromatic ring is 1. The molecule has 0 amide bonds. The Morgan fingerprint density at radius 1 is 1.44 bits per heavy atom. The minimum Gasteiger partial charge on any atom is -0.507 e. The van der Waals surface area contributed by atoms with Gasteiger partial charge in [0.1, 0.15) is 5.75 Å². The zero-order valence-corrected chi connectivity index (χ0v) is 9.67. The molecule has 16 heavy (non-hydrogen) atoms. The molecule has 0 saturated heterocycles. The number of benzene rings is 1. The predicted molar refractivity (Wildman–Crippen MR) is 62.5 cm³/mol. The Morgan fingerprint density at radius 2 is 2.12 bits per heavy atom. The third kappa shape index (κ3) is 1.51. The highest BCUT2D eigenvalue weighted by Gasteiger charge is 2.18. The number of aromatic hydroxyl groups is 1. The summed E-state index contributed by atoms with van der Waals surface area (Å²) in [7, 11) is 0. The Labute approximate surface area is 97.6 Å². The van der Waals surface area contributed by atoms with Crippen molar-refractivity contribution in [2.75, 3.05) is 5.73 Å². The topological polar surface area (TPSA) is 72.3 Å². The van der Waals surface area contributed by atoms with Gasteiger partial charge in [0.25, 0.3) is 0 Å². The largest absolute Gasteiger partial charge is 0.507 e. The first-order valence-corrected chi connectivity index (χ1v) is 5.09. The minimum absolute atomic E-state index is 0.150. The quantitative estimate of drug-likeness (QED) is 0.801. The molecule has 1 aromatic carbocycles. The normalized spacial score (nSPS) is 10.7. The van der Waals surface area contributed by atoms with E-state index in [1.807, 2.05) is 6.92 Å². The number of nitrogens with zero attached hydrogens (tertiary/aromatic N) is 1. The lowest BCUT2D eigenvalue weighted by Crippen LogP contribution is -1.91. The highest BCUT2D eigenvalue weighted by atomic mass is 35.5. The average molecular weight is 239 g/mol. The fourth-order valence-electron chi connectivity index (χ4n) is 1.63. The van der Waals surface area contributed by atoms with Crippen LogP contribution in [0.3, 0.4) is 0 Å². The first-order chi connectivity index (χ1) is 7.52. The minimum atomic E-state index is 0.150. The van der Waals surface area contributed by atoms with E-state index in [2.05, 4.69) is 5.16 Å². The van der Waals surface area contributed by atoms with Crippen molar-refractivity contribution in [1.82, 2.24) is 5.16 Å². The van der Waals surface area contributed by atoms with Gasteiger partial charge in [0.2, 0.25) is 5.88 Å². The van der Waals surface area contributed by atoms with Crippen molar-refractivity contribution in [2.24, 2.45) is 0 Å². The van der Waals surface area contributed by atoms with Gasteiger partial charge in [-0.15, -0.1) is 0 Å². The van der Waals surface area contributed by atoms with Gasteiger partial charge in [0, 0.05) is 10.6 Å². The molecule has 0 radical (unpaired) electrons. The van der Waals surface area contributed by atoms with Gasteiger partial charge < -0.3 is 15.4 Å². The van der Waals surface area contributed by atoms with E-state index in [1.165, 1.54) is 6.20 Å². The summed E-state index contributed by atoms with van der Waals surface area (Å²) in [6.45, 7) is 3.58. The Balaban J connectivity index is 2.79. The first kappa shape index (κ1) is 10.8. The third-order valence-corrected chi connectivity index (χ3v) is 2.95. The molecular weight excluding hydrogens is 228 g/mol. The van der Waals surface area contributed by atoms with Crippen molar-refractivity contribution >= 4 is 17.5 Å². The van der Waals surface area contributed by atoms with Crippen molar-refractivity contribution in [1.29, 1.82) is 0 Å². The van der Waals surface area contributed by atoms with E-state index in [-0.39, 0.29) is 11.6 Å². The number of phenolic OH excluding ortho intramolecular Hbond substituents is 1. The highest BCUT2D eigenvalue weighted by molar-refractivity contribution is 6.32. The maximum absolute atomic E-state index is 10.0. The van der Waals surface area contributed by atoms with Crippen LogP contribution in [0.5, 0.6) is 5.75 Å². The van der Waals surface area contributed by atoms with E-state index in [1.54, 1.807) is 13.0 Å². The Morgan fingerprint density at radius 3 is 2.69 bits per heavy atom. The van der Waals surface area contributed by atoms with Crippen LogP contribution in [0.2, 0.25) is 5.02 Å². The maximum atomic E-state index is 10.0. The molecule has 2 aromatic rings. The number of rotatable bonds is 1. The molecule has 0 fully saturated rings. The van der Waals surface area contributed by atoms with Crippen LogP contribution in [0.4, 0.5) is 5.88 Å². The van der Waals surface area contributed by atoms with Gasteiger partial charge in [-0.2, -0.15) is 0 Å². The number of hydrogen-bond acceptors (Lipinski definition) is 4. The number of hydrogen-bond donors (Lipinski definition) is 2. The molecule has 0 aliphatic heterocycles. The molecule has 5 heteroatoms. The van der Waals surface area contributed by atoms with E-state index < -0.39 is 0 Å². The lowest BCUT2D eigenvalue weighted by molar-refractivity contribution is 0.436. The van der Waals surface area contributed by atoms with Crippen LogP contribution in [-0.4, -0.2) is 10.3 Å². The second kappa shape index (κ2) is 3.72. The lowest BCUT2D eigenvalue weighted by atomic mass is 9.99. The van der Waals surface area contributed by atoms with Crippen LogP contribution < -0.4 is 5.73 Å². The molecule has 1 aromatic heterocycles. The summed E-state index contributed by atoms with van der Waals surface area (Å²) in [4.78, 5) is 0.